The van der Waals surface area contributed by atoms with Gasteiger partial charge in [-0.05, 0) is 61.8 Å². The third kappa shape index (κ3) is 5.81. The van der Waals surface area contributed by atoms with Crippen molar-refractivity contribution in [2.45, 2.75) is 45.4 Å². The second kappa shape index (κ2) is 9.42. The largest absolute Gasteiger partial charge is 0.493 e. The molecule has 0 fully saturated rings. The minimum absolute atomic E-state index is 0.112. The molecule has 0 aliphatic carbocycles. The van der Waals surface area contributed by atoms with Crippen molar-refractivity contribution in [1.82, 2.24) is 0 Å². The van der Waals surface area contributed by atoms with Gasteiger partial charge in [0, 0.05) is 21.0 Å². The molecule has 4 nitrogen and oxygen atoms in total. The van der Waals surface area contributed by atoms with Crippen LogP contribution in [0.15, 0.2) is 22.7 Å². The molecule has 0 radical (unpaired) electrons. The first-order valence-corrected chi connectivity index (χ1v) is 11.4. The highest BCUT2D eigenvalue weighted by Crippen LogP contribution is 2.63. The van der Waals surface area contributed by atoms with Crippen molar-refractivity contribution >= 4 is 45.7 Å². The number of hydrogen-bond acceptors (Lipinski definition) is 5. The molecule has 0 aliphatic heterocycles. The Labute approximate surface area is 171 Å². The van der Waals surface area contributed by atoms with Crippen LogP contribution in [-0.2, 0) is 14.7 Å². The highest BCUT2D eigenvalue weighted by molar-refractivity contribution is 9.10. The summed E-state index contributed by atoms with van der Waals surface area (Å²) in [6.45, 7) is 7.40. The van der Waals surface area contributed by atoms with E-state index in [9.17, 15) is 5.11 Å². The van der Waals surface area contributed by atoms with Gasteiger partial charge in [0.2, 0.25) is 0 Å². The lowest BCUT2D eigenvalue weighted by Crippen LogP contribution is -2.21. The molecule has 2 rings (SSSR count). The molecule has 0 saturated carbocycles. The molecule has 0 aliphatic rings. The average molecular weight is 485 g/mol. The van der Waals surface area contributed by atoms with Crippen molar-refractivity contribution in [3.63, 3.8) is 0 Å². The smallest absolute Gasteiger partial charge is 0.349 e. The van der Waals surface area contributed by atoms with Crippen molar-refractivity contribution < 1.29 is 27.7 Å². The zero-order chi connectivity index (χ0) is 20.2. The number of alkyl halides is 2. The summed E-state index contributed by atoms with van der Waals surface area (Å²) < 4.78 is 47.1. The van der Waals surface area contributed by atoms with Gasteiger partial charge in [-0.1, -0.05) is 0 Å². The third-order valence-corrected chi connectivity index (χ3v) is 7.71. The number of halogens is 3. The van der Waals surface area contributed by atoms with Crippen molar-refractivity contribution in [2.75, 3.05) is 19.8 Å². The summed E-state index contributed by atoms with van der Waals surface area (Å²) in [6, 6.07) is 5.22. The topological polar surface area (TPSA) is 47.9 Å². The van der Waals surface area contributed by atoms with Gasteiger partial charge in [-0.15, -0.1) is 11.3 Å². The van der Waals surface area contributed by atoms with E-state index < -0.39 is 19.6 Å². The lowest BCUT2D eigenvalue weighted by molar-refractivity contribution is 0.0553. The summed E-state index contributed by atoms with van der Waals surface area (Å²) in [5.41, 5.74) is -4.05. The SMILES string of the molecule is CCOP(OCC)C(F)(F)c1sc2cc(OCCC(C)(C)O)ccc2c1Br. The molecule has 2 aromatic rings. The van der Waals surface area contributed by atoms with Crippen LogP contribution in [0.4, 0.5) is 8.78 Å². The molecular formula is C18H24BrF2O4PS. The van der Waals surface area contributed by atoms with Gasteiger partial charge in [0.1, 0.15) is 5.75 Å². The Bertz CT molecular complexity index is 758. The maximum atomic E-state index is 15.0. The van der Waals surface area contributed by atoms with Crippen LogP contribution >= 0.6 is 35.6 Å². The third-order valence-electron chi connectivity index (χ3n) is 3.58. The van der Waals surface area contributed by atoms with Crippen molar-refractivity contribution in [3.05, 3.63) is 27.5 Å². The number of ether oxygens (including phenoxy) is 1. The van der Waals surface area contributed by atoms with Crippen LogP contribution in [0, 0.1) is 0 Å². The van der Waals surface area contributed by atoms with E-state index in [1.807, 2.05) is 0 Å². The van der Waals surface area contributed by atoms with E-state index in [1.54, 1.807) is 45.9 Å². The quantitative estimate of drug-likeness (QED) is 0.384. The number of rotatable bonds is 10. The molecule has 0 spiro atoms. The number of benzene rings is 1. The molecule has 0 saturated heterocycles. The molecule has 0 unspecified atom stereocenters. The van der Waals surface area contributed by atoms with E-state index in [1.165, 1.54) is 0 Å². The fourth-order valence-corrected chi connectivity index (χ4v) is 5.89. The van der Waals surface area contributed by atoms with E-state index in [4.69, 9.17) is 13.8 Å². The number of hydrogen-bond donors (Lipinski definition) is 1. The summed E-state index contributed by atoms with van der Waals surface area (Å²) >= 11 is 4.31. The minimum atomic E-state index is -3.23. The molecule has 1 heterocycles. The highest BCUT2D eigenvalue weighted by atomic mass is 79.9. The zero-order valence-corrected chi connectivity index (χ0v) is 19.0. The maximum absolute atomic E-state index is 15.0. The predicted molar refractivity (Wildman–Crippen MR) is 110 cm³/mol. The van der Waals surface area contributed by atoms with Gasteiger partial charge in [0.15, 0.2) is 0 Å². The Morgan fingerprint density at radius 1 is 1.19 bits per heavy atom. The van der Waals surface area contributed by atoms with Gasteiger partial charge < -0.3 is 18.9 Å². The summed E-state index contributed by atoms with van der Waals surface area (Å²) in [5.74, 6) is 0.576. The number of fused-ring (bicyclic) bond motifs is 1. The standard InChI is InChI=1S/C18H24BrF2O4PS/c1-5-24-26(25-6-2)18(20,21)16-15(19)13-8-7-12(11-14(13)27-16)23-10-9-17(3,4)22/h7-8,11,22H,5-6,9-10H2,1-4H3. The monoisotopic (exact) mass is 484 g/mol. The maximum Gasteiger partial charge on any atom is 0.349 e. The summed E-state index contributed by atoms with van der Waals surface area (Å²) in [5, 5.41) is 10.4. The molecule has 1 N–H and O–H groups in total. The first kappa shape index (κ1) is 22.9. The van der Waals surface area contributed by atoms with E-state index in [0.717, 1.165) is 11.3 Å². The van der Waals surface area contributed by atoms with Crippen LogP contribution < -0.4 is 4.74 Å². The van der Waals surface area contributed by atoms with Gasteiger partial charge in [-0.2, -0.15) is 8.78 Å². The van der Waals surface area contributed by atoms with Crippen LogP contribution in [0.25, 0.3) is 10.1 Å². The Kier molecular flexibility index (Phi) is 7.99. The number of thiophene rings is 1. The first-order chi connectivity index (χ1) is 12.6. The minimum Gasteiger partial charge on any atom is -0.493 e. The Hall–Kier alpha value is -0.370. The Balaban J connectivity index is 2.29. The molecule has 0 bridgehead atoms. The first-order valence-electron chi connectivity index (χ1n) is 8.61. The molecular weight excluding hydrogens is 461 g/mol. The summed E-state index contributed by atoms with van der Waals surface area (Å²) in [7, 11) is -2.38. The van der Waals surface area contributed by atoms with Crippen LogP contribution in [0.2, 0.25) is 0 Å². The molecule has 152 valence electrons. The van der Waals surface area contributed by atoms with Gasteiger partial charge in [-0.3, -0.25) is 0 Å². The summed E-state index contributed by atoms with van der Waals surface area (Å²) in [4.78, 5) is -0.112. The lowest BCUT2D eigenvalue weighted by atomic mass is 10.1. The van der Waals surface area contributed by atoms with Crippen molar-refractivity contribution in [2.24, 2.45) is 0 Å². The molecule has 0 amide bonds. The molecule has 9 heteroatoms. The van der Waals surface area contributed by atoms with E-state index in [0.29, 0.717) is 33.3 Å². The van der Waals surface area contributed by atoms with E-state index >= 15 is 8.78 Å². The van der Waals surface area contributed by atoms with Crippen molar-refractivity contribution in [3.8, 4) is 5.75 Å². The van der Waals surface area contributed by atoms with Crippen molar-refractivity contribution in [1.29, 1.82) is 0 Å². The molecule has 1 aromatic heterocycles. The van der Waals surface area contributed by atoms with Crippen LogP contribution in [0.1, 0.15) is 39.0 Å². The van der Waals surface area contributed by atoms with E-state index in [2.05, 4.69) is 15.9 Å². The molecule has 0 atom stereocenters. The van der Waals surface area contributed by atoms with Crippen LogP contribution in [-0.4, -0.2) is 30.5 Å². The normalized spacial score (nSPS) is 12.9. The van der Waals surface area contributed by atoms with Crippen LogP contribution in [0.3, 0.4) is 0 Å². The second-order valence-electron chi connectivity index (χ2n) is 6.45. The van der Waals surface area contributed by atoms with Gasteiger partial charge >= 0.3 is 5.66 Å². The van der Waals surface area contributed by atoms with Gasteiger partial charge in [0.25, 0.3) is 8.38 Å². The molecule has 1 aromatic carbocycles. The summed E-state index contributed by atoms with van der Waals surface area (Å²) in [6.07, 6.45) is 0.468. The fourth-order valence-electron chi connectivity index (χ4n) is 2.26. The Morgan fingerprint density at radius 3 is 2.37 bits per heavy atom. The lowest BCUT2D eigenvalue weighted by Gasteiger charge is -2.24. The number of aliphatic hydroxyl groups is 1. The Morgan fingerprint density at radius 2 is 1.81 bits per heavy atom. The zero-order valence-electron chi connectivity index (χ0n) is 15.7. The predicted octanol–water partition coefficient (Wildman–Crippen LogP) is 6.64. The highest BCUT2D eigenvalue weighted by Gasteiger charge is 2.47. The fraction of sp³-hybridized carbons (Fsp3) is 0.556. The van der Waals surface area contributed by atoms with E-state index in [-0.39, 0.29) is 18.1 Å². The second-order valence-corrected chi connectivity index (χ2v) is 9.89. The van der Waals surface area contributed by atoms with Crippen LogP contribution in [0.5, 0.6) is 5.75 Å². The van der Waals surface area contributed by atoms with Gasteiger partial charge in [0.05, 0.1) is 30.3 Å². The van der Waals surface area contributed by atoms with Gasteiger partial charge in [-0.25, -0.2) is 0 Å². The average Bonchev–Trinajstić information content (AvgIpc) is 2.90. The molecule has 27 heavy (non-hydrogen) atoms.